The summed E-state index contributed by atoms with van der Waals surface area (Å²) >= 11 is 1.34. The highest BCUT2D eigenvalue weighted by Crippen LogP contribution is 2.32. The first-order chi connectivity index (χ1) is 14.0. The predicted molar refractivity (Wildman–Crippen MR) is 112 cm³/mol. The number of rotatable bonds is 9. The number of hydrogen-bond acceptors (Lipinski definition) is 6. The Hall–Kier alpha value is -2.84. The van der Waals surface area contributed by atoms with Crippen LogP contribution in [0.3, 0.4) is 0 Å². The monoisotopic (exact) mass is 431 g/mol. The fraction of sp³-hybridized carbons (Fsp3) is 0.190. The molecule has 1 N–H and O–H groups in total. The number of amides is 1. The molecule has 2 aromatic carbocycles. The van der Waals surface area contributed by atoms with Crippen LogP contribution in [0.2, 0.25) is 0 Å². The molecule has 0 saturated carbocycles. The molecule has 0 aliphatic rings. The van der Waals surface area contributed by atoms with Gasteiger partial charge in [-0.3, -0.25) is 4.79 Å². The molecule has 3 rings (SSSR count). The van der Waals surface area contributed by atoms with E-state index < -0.39 is 15.1 Å². The molecule has 0 spiro atoms. The Morgan fingerprint density at radius 1 is 1.00 bits per heavy atom. The summed E-state index contributed by atoms with van der Waals surface area (Å²) in [6.07, 6.45) is 0. The van der Waals surface area contributed by atoms with E-state index in [0.29, 0.717) is 16.4 Å². The van der Waals surface area contributed by atoms with Crippen LogP contribution in [0, 0.1) is 0 Å². The summed E-state index contributed by atoms with van der Waals surface area (Å²) in [7, 11) is -2.19. The molecular formula is C21H21NO5S2. The zero-order valence-corrected chi connectivity index (χ0v) is 17.4. The van der Waals surface area contributed by atoms with Crippen molar-refractivity contribution in [2.75, 3.05) is 20.3 Å². The van der Waals surface area contributed by atoms with Crippen LogP contribution in [0.15, 0.2) is 77.0 Å². The Bertz CT molecular complexity index is 1020. The topological polar surface area (TPSA) is 81.7 Å². The van der Waals surface area contributed by atoms with Gasteiger partial charge in [-0.1, -0.05) is 24.3 Å². The first-order valence-corrected chi connectivity index (χ1v) is 11.3. The zero-order chi connectivity index (χ0) is 20.7. The Labute approximate surface area is 174 Å². The molecule has 6 nitrogen and oxygen atoms in total. The van der Waals surface area contributed by atoms with E-state index >= 15 is 0 Å². The molecule has 1 heterocycles. The van der Waals surface area contributed by atoms with Gasteiger partial charge in [0, 0.05) is 11.4 Å². The van der Waals surface area contributed by atoms with E-state index in [1.165, 1.54) is 30.6 Å². The van der Waals surface area contributed by atoms with Gasteiger partial charge in [-0.05, 0) is 47.8 Å². The quantitative estimate of drug-likeness (QED) is 0.561. The van der Waals surface area contributed by atoms with Gasteiger partial charge in [-0.25, -0.2) is 8.42 Å². The van der Waals surface area contributed by atoms with Crippen LogP contribution in [0.25, 0.3) is 0 Å². The molecule has 1 atom stereocenters. The minimum absolute atomic E-state index is 0.0497. The summed E-state index contributed by atoms with van der Waals surface area (Å²) in [5.74, 6) is 0.756. The zero-order valence-electron chi connectivity index (χ0n) is 15.8. The van der Waals surface area contributed by atoms with Gasteiger partial charge in [0.2, 0.25) is 0 Å². The second-order valence-electron chi connectivity index (χ2n) is 6.13. The van der Waals surface area contributed by atoms with Gasteiger partial charge in [0.1, 0.15) is 16.7 Å². The number of para-hydroxylation sites is 1. The highest BCUT2D eigenvalue weighted by Gasteiger charge is 2.30. The van der Waals surface area contributed by atoms with E-state index in [1.807, 2.05) is 23.6 Å². The number of methoxy groups -OCH3 is 1. The van der Waals surface area contributed by atoms with Crippen LogP contribution in [0.1, 0.15) is 10.1 Å². The number of benzene rings is 2. The fourth-order valence-corrected chi connectivity index (χ4v) is 5.47. The number of ether oxygens (including phenoxy) is 2. The van der Waals surface area contributed by atoms with Crippen LogP contribution in [0.4, 0.5) is 0 Å². The summed E-state index contributed by atoms with van der Waals surface area (Å²) in [5, 5.41) is 3.60. The van der Waals surface area contributed by atoms with Gasteiger partial charge in [-0.15, -0.1) is 11.3 Å². The molecular weight excluding hydrogens is 410 g/mol. The van der Waals surface area contributed by atoms with Crippen molar-refractivity contribution in [3.8, 4) is 11.5 Å². The van der Waals surface area contributed by atoms with Gasteiger partial charge in [0.15, 0.2) is 16.4 Å². The maximum atomic E-state index is 13.2. The highest BCUT2D eigenvalue weighted by molar-refractivity contribution is 7.91. The Balaban J connectivity index is 1.71. The molecule has 0 radical (unpaired) electrons. The Morgan fingerprint density at radius 2 is 1.72 bits per heavy atom. The Kier molecular flexibility index (Phi) is 6.90. The predicted octanol–water partition coefficient (Wildman–Crippen LogP) is 3.47. The largest absolute Gasteiger partial charge is 0.497 e. The number of thiophene rings is 1. The van der Waals surface area contributed by atoms with Crippen molar-refractivity contribution >= 4 is 27.1 Å². The third-order valence-corrected chi connectivity index (χ3v) is 7.45. The normalized spacial score (nSPS) is 12.2. The van der Waals surface area contributed by atoms with Crippen LogP contribution in [-0.2, 0) is 14.6 Å². The van der Waals surface area contributed by atoms with Gasteiger partial charge >= 0.3 is 0 Å². The molecule has 1 amide bonds. The van der Waals surface area contributed by atoms with Crippen molar-refractivity contribution in [2.24, 2.45) is 0 Å². The van der Waals surface area contributed by atoms with Gasteiger partial charge < -0.3 is 14.8 Å². The molecule has 152 valence electrons. The SMILES string of the molecule is COc1ccc(S(=O)(=O)[C@@H](CNC(=O)COc2ccccc2)c2cccs2)cc1. The van der Waals surface area contributed by atoms with E-state index in [-0.39, 0.29) is 24.0 Å². The standard InChI is InChI=1S/C21H21NO5S2/c1-26-16-9-11-18(12-10-16)29(24,25)20(19-8-5-13-28-19)14-22-21(23)15-27-17-6-3-2-4-7-17/h2-13,20H,14-15H2,1H3,(H,22,23)/t20-/m0/s1. The third kappa shape index (κ3) is 5.36. The number of sulfone groups is 1. The molecule has 3 aromatic rings. The summed E-state index contributed by atoms with van der Waals surface area (Å²) < 4.78 is 36.9. The molecule has 29 heavy (non-hydrogen) atoms. The van der Waals surface area contributed by atoms with E-state index in [9.17, 15) is 13.2 Å². The summed E-state index contributed by atoms with van der Waals surface area (Å²) in [6.45, 7) is -0.240. The lowest BCUT2D eigenvalue weighted by Crippen LogP contribution is -2.34. The van der Waals surface area contributed by atoms with E-state index in [2.05, 4.69) is 5.32 Å². The van der Waals surface area contributed by atoms with Crippen LogP contribution in [0.5, 0.6) is 11.5 Å². The van der Waals surface area contributed by atoms with Gasteiger partial charge in [0.05, 0.1) is 12.0 Å². The first kappa shape index (κ1) is 20.9. The number of hydrogen-bond donors (Lipinski definition) is 1. The van der Waals surface area contributed by atoms with Crippen molar-refractivity contribution in [3.05, 3.63) is 77.0 Å². The molecule has 0 bridgehead atoms. The smallest absolute Gasteiger partial charge is 0.257 e. The second kappa shape index (κ2) is 9.58. The van der Waals surface area contributed by atoms with Crippen molar-refractivity contribution in [2.45, 2.75) is 10.1 Å². The number of nitrogens with one attached hydrogen (secondary N) is 1. The van der Waals surface area contributed by atoms with Crippen LogP contribution < -0.4 is 14.8 Å². The lowest BCUT2D eigenvalue weighted by Gasteiger charge is -2.18. The lowest BCUT2D eigenvalue weighted by molar-refractivity contribution is -0.123. The Morgan fingerprint density at radius 3 is 2.34 bits per heavy atom. The van der Waals surface area contributed by atoms with Crippen molar-refractivity contribution in [3.63, 3.8) is 0 Å². The minimum Gasteiger partial charge on any atom is -0.497 e. The molecule has 0 aliphatic carbocycles. The van der Waals surface area contributed by atoms with Gasteiger partial charge in [-0.2, -0.15) is 0 Å². The average Bonchev–Trinajstić information content (AvgIpc) is 3.27. The molecule has 1 aromatic heterocycles. The number of carbonyl (C=O) groups is 1. The van der Waals surface area contributed by atoms with E-state index in [4.69, 9.17) is 9.47 Å². The van der Waals surface area contributed by atoms with Crippen molar-refractivity contribution in [1.82, 2.24) is 5.32 Å². The molecule has 0 saturated heterocycles. The summed E-state index contributed by atoms with van der Waals surface area (Å²) in [5.41, 5.74) is 0. The lowest BCUT2D eigenvalue weighted by atomic mass is 10.3. The van der Waals surface area contributed by atoms with E-state index in [1.54, 1.807) is 36.4 Å². The second-order valence-corrected chi connectivity index (χ2v) is 9.24. The molecule has 0 fully saturated rings. The van der Waals surface area contributed by atoms with Crippen molar-refractivity contribution < 1.29 is 22.7 Å². The summed E-state index contributed by atoms with van der Waals surface area (Å²) in [6, 6.07) is 18.7. The minimum atomic E-state index is -3.71. The average molecular weight is 432 g/mol. The molecule has 0 aliphatic heterocycles. The fourth-order valence-electron chi connectivity index (χ4n) is 2.69. The third-order valence-electron chi connectivity index (χ3n) is 4.22. The van der Waals surface area contributed by atoms with Crippen LogP contribution >= 0.6 is 11.3 Å². The van der Waals surface area contributed by atoms with Crippen molar-refractivity contribution in [1.29, 1.82) is 0 Å². The summed E-state index contributed by atoms with van der Waals surface area (Å²) in [4.78, 5) is 13.0. The highest BCUT2D eigenvalue weighted by atomic mass is 32.2. The maximum absolute atomic E-state index is 13.2. The maximum Gasteiger partial charge on any atom is 0.257 e. The van der Waals surface area contributed by atoms with E-state index in [0.717, 1.165) is 0 Å². The van der Waals surface area contributed by atoms with Crippen LogP contribution in [-0.4, -0.2) is 34.6 Å². The molecule has 0 unspecified atom stereocenters. The first-order valence-electron chi connectivity index (χ1n) is 8.86. The number of carbonyl (C=O) groups excluding carboxylic acids is 1. The van der Waals surface area contributed by atoms with Gasteiger partial charge in [0.25, 0.3) is 5.91 Å². The molecule has 8 heteroatoms.